The first-order chi connectivity index (χ1) is 13.0. The van der Waals surface area contributed by atoms with E-state index < -0.39 is 0 Å². The van der Waals surface area contributed by atoms with Gasteiger partial charge in [-0.05, 0) is 5.92 Å². The maximum atomic E-state index is 12.6. The lowest BCUT2D eigenvalue weighted by molar-refractivity contribution is -0.0148. The zero-order chi connectivity index (χ0) is 19.4. The van der Waals surface area contributed by atoms with E-state index >= 15 is 0 Å². The molecule has 3 rings (SSSR count). The van der Waals surface area contributed by atoms with E-state index in [1.807, 2.05) is 13.1 Å². The average Bonchev–Trinajstić information content (AvgIpc) is 3.22. The lowest BCUT2D eigenvalue weighted by Gasteiger charge is -2.32. The second kappa shape index (κ2) is 8.49. The molecule has 0 radical (unpaired) electrons. The Morgan fingerprint density at radius 1 is 1.48 bits per heavy atom. The number of hydrogen-bond donors (Lipinski definition) is 1. The highest BCUT2D eigenvalue weighted by atomic mass is 16.5. The van der Waals surface area contributed by atoms with Crippen LogP contribution in [0.3, 0.4) is 0 Å². The predicted octanol–water partition coefficient (Wildman–Crippen LogP) is 1.55. The predicted molar refractivity (Wildman–Crippen MR) is 96.3 cm³/mol. The van der Waals surface area contributed by atoms with Gasteiger partial charge in [0.2, 0.25) is 5.89 Å². The number of anilines is 1. The van der Waals surface area contributed by atoms with E-state index in [0.29, 0.717) is 56.2 Å². The number of morpholine rings is 1. The van der Waals surface area contributed by atoms with Crippen LogP contribution in [0.15, 0.2) is 10.6 Å². The van der Waals surface area contributed by atoms with Gasteiger partial charge in [0.15, 0.2) is 5.82 Å². The van der Waals surface area contributed by atoms with Crippen LogP contribution < -0.4 is 5.32 Å². The summed E-state index contributed by atoms with van der Waals surface area (Å²) in [6.45, 7) is 5.86. The fourth-order valence-corrected chi connectivity index (χ4v) is 2.86. The molecule has 1 aliphatic rings. The van der Waals surface area contributed by atoms with Crippen molar-refractivity contribution >= 4 is 11.8 Å². The summed E-state index contributed by atoms with van der Waals surface area (Å²) in [6, 6.07) is 1.73. The fourth-order valence-electron chi connectivity index (χ4n) is 2.86. The summed E-state index contributed by atoms with van der Waals surface area (Å²) in [5.74, 6) is 1.94. The number of aryl methyl sites for hydroxylation is 1. The van der Waals surface area contributed by atoms with Crippen LogP contribution in [0.4, 0.5) is 10.6 Å². The molecular weight excluding hydrogens is 352 g/mol. The highest BCUT2D eigenvalue weighted by molar-refractivity contribution is 5.88. The van der Waals surface area contributed by atoms with Gasteiger partial charge in [0.05, 0.1) is 24.8 Å². The van der Waals surface area contributed by atoms with Gasteiger partial charge < -0.3 is 18.9 Å². The molecule has 0 aromatic carbocycles. The summed E-state index contributed by atoms with van der Waals surface area (Å²) in [4.78, 5) is 18.6. The van der Waals surface area contributed by atoms with E-state index in [1.165, 1.54) is 0 Å². The van der Waals surface area contributed by atoms with E-state index in [9.17, 15) is 4.79 Å². The summed E-state index contributed by atoms with van der Waals surface area (Å²) in [5.41, 5.74) is 0.941. The number of ether oxygens (including phenoxy) is 2. The average molecular weight is 378 g/mol. The summed E-state index contributed by atoms with van der Waals surface area (Å²) in [6.07, 6.45) is 0.252. The second-order valence-corrected chi connectivity index (χ2v) is 6.84. The Morgan fingerprint density at radius 3 is 3.00 bits per heavy atom. The molecule has 0 aliphatic carbocycles. The van der Waals surface area contributed by atoms with Gasteiger partial charge in [-0.3, -0.25) is 10.00 Å². The van der Waals surface area contributed by atoms with Gasteiger partial charge in [0.25, 0.3) is 0 Å². The third-order valence-corrected chi connectivity index (χ3v) is 4.34. The second-order valence-electron chi connectivity index (χ2n) is 6.84. The molecule has 1 fully saturated rings. The molecular formula is C17H26N6O4. The molecule has 3 heterocycles. The number of nitrogens with one attached hydrogen (secondary N) is 1. The van der Waals surface area contributed by atoms with Crippen LogP contribution in [0.1, 0.15) is 37.2 Å². The molecule has 0 bridgehead atoms. The van der Waals surface area contributed by atoms with Crippen LogP contribution in [-0.2, 0) is 29.5 Å². The molecule has 10 nitrogen and oxygen atoms in total. The third-order valence-electron chi connectivity index (χ3n) is 4.34. The number of urea groups is 1. The standard InChI is InChI=1S/C17H26N6O4/c1-11(2)13-8-15(22(3)20-13)19-17(24)23-5-6-26-12(9-23)7-16-18-14(10-25-4)21-27-16/h8,11-12H,5-7,9-10H2,1-4H3,(H,19,24)/t12-/m1/s1. The zero-order valence-electron chi connectivity index (χ0n) is 16.1. The minimum absolute atomic E-state index is 0.174. The Labute approximate surface area is 157 Å². The van der Waals surface area contributed by atoms with Gasteiger partial charge in [0, 0.05) is 33.3 Å². The molecule has 27 heavy (non-hydrogen) atoms. The number of carbonyl (C=O) groups excluding carboxylic acids is 1. The van der Waals surface area contributed by atoms with Gasteiger partial charge in [0.1, 0.15) is 12.4 Å². The molecule has 2 amide bonds. The largest absolute Gasteiger partial charge is 0.377 e. The van der Waals surface area contributed by atoms with Crippen LogP contribution in [0.2, 0.25) is 0 Å². The summed E-state index contributed by atoms with van der Waals surface area (Å²) >= 11 is 0. The zero-order valence-corrected chi connectivity index (χ0v) is 16.1. The lowest BCUT2D eigenvalue weighted by atomic mass is 10.1. The minimum Gasteiger partial charge on any atom is -0.377 e. The number of rotatable bonds is 6. The van der Waals surface area contributed by atoms with Gasteiger partial charge >= 0.3 is 6.03 Å². The fraction of sp³-hybridized carbons (Fsp3) is 0.647. The van der Waals surface area contributed by atoms with Crippen LogP contribution in [-0.4, -0.2) is 63.8 Å². The van der Waals surface area contributed by atoms with Crippen LogP contribution in [0, 0.1) is 0 Å². The number of aromatic nitrogens is 4. The smallest absolute Gasteiger partial charge is 0.323 e. The SMILES string of the molecule is COCc1noc(C[C@@H]2CN(C(=O)Nc3cc(C(C)C)nn3C)CCO2)n1. The Bertz CT molecular complexity index is 771. The maximum absolute atomic E-state index is 12.6. The molecule has 1 atom stereocenters. The van der Waals surface area contributed by atoms with Crippen molar-refractivity contribution in [3.05, 3.63) is 23.5 Å². The number of methoxy groups -OCH3 is 1. The van der Waals surface area contributed by atoms with E-state index in [2.05, 4.69) is 34.4 Å². The molecule has 2 aromatic heterocycles. The van der Waals surface area contributed by atoms with Crippen molar-refractivity contribution in [2.75, 3.05) is 32.1 Å². The number of nitrogens with zero attached hydrogens (tertiary/aromatic N) is 5. The molecule has 0 saturated carbocycles. The van der Waals surface area contributed by atoms with E-state index in [-0.39, 0.29) is 12.1 Å². The van der Waals surface area contributed by atoms with Gasteiger partial charge in [-0.25, -0.2) is 4.79 Å². The monoisotopic (exact) mass is 378 g/mol. The Morgan fingerprint density at radius 2 is 2.30 bits per heavy atom. The van der Waals surface area contributed by atoms with Crippen LogP contribution >= 0.6 is 0 Å². The molecule has 10 heteroatoms. The van der Waals surface area contributed by atoms with E-state index in [0.717, 1.165) is 5.69 Å². The normalized spacial score (nSPS) is 17.5. The summed E-state index contributed by atoms with van der Waals surface area (Å²) < 4.78 is 17.6. The molecule has 0 unspecified atom stereocenters. The first-order valence-electron chi connectivity index (χ1n) is 8.98. The van der Waals surface area contributed by atoms with Crippen molar-refractivity contribution in [1.82, 2.24) is 24.8 Å². The molecule has 148 valence electrons. The van der Waals surface area contributed by atoms with Crippen molar-refractivity contribution in [2.24, 2.45) is 7.05 Å². The highest BCUT2D eigenvalue weighted by Gasteiger charge is 2.27. The first-order valence-corrected chi connectivity index (χ1v) is 8.98. The Kier molecular flexibility index (Phi) is 6.07. The highest BCUT2D eigenvalue weighted by Crippen LogP contribution is 2.18. The minimum atomic E-state index is -0.196. The molecule has 0 spiro atoms. The summed E-state index contributed by atoms with van der Waals surface area (Å²) in [7, 11) is 3.39. The van der Waals surface area contributed by atoms with Crippen LogP contribution in [0.25, 0.3) is 0 Å². The lowest BCUT2D eigenvalue weighted by Crippen LogP contribution is -2.48. The van der Waals surface area contributed by atoms with E-state index in [1.54, 1.807) is 16.7 Å². The third kappa shape index (κ3) is 4.83. The van der Waals surface area contributed by atoms with Crippen LogP contribution in [0.5, 0.6) is 0 Å². The van der Waals surface area contributed by atoms with Crippen molar-refractivity contribution in [1.29, 1.82) is 0 Å². The molecule has 1 aliphatic heterocycles. The summed E-state index contributed by atoms with van der Waals surface area (Å²) in [5, 5.41) is 11.2. The first kappa shape index (κ1) is 19.3. The molecule has 1 N–H and O–H groups in total. The van der Waals surface area contributed by atoms with Crippen molar-refractivity contribution in [3.8, 4) is 0 Å². The Hall–Kier alpha value is -2.46. The quantitative estimate of drug-likeness (QED) is 0.812. The Balaban J connectivity index is 1.57. The van der Waals surface area contributed by atoms with Gasteiger partial charge in [-0.15, -0.1) is 0 Å². The van der Waals surface area contributed by atoms with Crippen molar-refractivity contribution < 1.29 is 18.8 Å². The maximum Gasteiger partial charge on any atom is 0.323 e. The van der Waals surface area contributed by atoms with Crippen molar-refractivity contribution in [3.63, 3.8) is 0 Å². The molecule has 1 saturated heterocycles. The topological polar surface area (TPSA) is 108 Å². The van der Waals surface area contributed by atoms with Gasteiger partial charge in [-0.1, -0.05) is 19.0 Å². The van der Waals surface area contributed by atoms with Gasteiger partial charge in [-0.2, -0.15) is 10.1 Å². The number of amides is 2. The molecule has 2 aromatic rings. The number of hydrogen-bond acceptors (Lipinski definition) is 7. The van der Waals surface area contributed by atoms with E-state index in [4.69, 9.17) is 14.0 Å². The number of carbonyl (C=O) groups is 1. The van der Waals surface area contributed by atoms with Crippen molar-refractivity contribution in [2.45, 2.75) is 38.9 Å².